The zero-order chi connectivity index (χ0) is 16.7. The van der Waals surface area contributed by atoms with E-state index in [9.17, 15) is 9.59 Å². The lowest BCUT2D eigenvalue weighted by molar-refractivity contribution is -0.119. The number of hydrogen-bond donors (Lipinski definition) is 2. The number of halogens is 1. The van der Waals surface area contributed by atoms with Gasteiger partial charge in [-0.2, -0.15) is 5.26 Å². The molecule has 0 aliphatic rings. The highest BCUT2D eigenvalue weighted by Crippen LogP contribution is 2.25. The fourth-order valence-corrected chi connectivity index (χ4v) is 2.05. The van der Waals surface area contributed by atoms with Crippen LogP contribution in [-0.4, -0.2) is 29.9 Å². The van der Waals surface area contributed by atoms with E-state index in [0.717, 1.165) is 5.56 Å². The summed E-state index contributed by atoms with van der Waals surface area (Å²) in [7, 11) is 0. The van der Waals surface area contributed by atoms with Crippen LogP contribution in [0.25, 0.3) is 11.3 Å². The van der Waals surface area contributed by atoms with Crippen LogP contribution >= 0.6 is 11.6 Å². The highest BCUT2D eigenvalue weighted by atomic mass is 35.5. The Balaban J connectivity index is 2.00. The van der Waals surface area contributed by atoms with E-state index >= 15 is 0 Å². The maximum atomic E-state index is 11.9. The first-order valence-corrected chi connectivity index (χ1v) is 7.12. The summed E-state index contributed by atoms with van der Waals surface area (Å²) in [4.78, 5) is 27.4. The summed E-state index contributed by atoms with van der Waals surface area (Å²) >= 11 is 6.10. The summed E-state index contributed by atoms with van der Waals surface area (Å²) in [6.07, 6.45) is 1.42. The second-order valence-corrected chi connectivity index (χ2v) is 4.94. The molecule has 0 aliphatic heterocycles. The number of benzene rings is 1. The maximum Gasteiger partial charge on any atom is 0.253 e. The van der Waals surface area contributed by atoms with E-state index in [1.165, 1.54) is 6.20 Å². The molecule has 2 rings (SSSR count). The van der Waals surface area contributed by atoms with E-state index < -0.39 is 11.8 Å². The minimum atomic E-state index is -0.430. The van der Waals surface area contributed by atoms with E-state index in [2.05, 4.69) is 15.6 Å². The Morgan fingerprint density at radius 3 is 2.61 bits per heavy atom. The number of carbonyl (C=O) groups excluding carboxylic acids is 2. The van der Waals surface area contributed by atoms with Crippen molar-refractivity contribution in [2.24, 2.45) is 0 Å². The molecule has 0 saturated heterocycles. The Kier molecular flexibility index (Phi) is 5.67. The van der Waals surface area contributed by atoms with Gasteiger partial charge in [0, 0.05) is 16.8 Å². The van der Waals surface area contributed by atoms with Gasteiger partial charge in [0.05, 0.1) is 23.9 Å². The first-order chi connectivity index (χ1) is 11.1. The quantitative estimate of drug-likeness (QED) is 0.818. The van der Waals surface area contributed by atoms with Gasteiger partial charge in [0.15, 0.2) is 0 Å². The van der Waals surface area contributed by atoms with E-state index in [0.29, 0.717) is 16.3 Å². The molecule has 0 fully saturated rings. The third-order valence-electron chi connectivity index (χ3n) is 2.95. The van der Waals surface area contributed by atoms with Crippen molar-refractivity contribution in [1.29, 1.82) is 5.26 Å². The molecule has 2 aromatic rings. The predicted octanol–water partition coefficient (Wildman–Crippen LogP) is 1.77. The molecule has 6 nitrogen and oxygen atoms in total. The third kappa shape index (κ3) is 4.53. The Labute approximate surface area is 138 Å². The van der Waals surface area contributed by atoms with Crippen LogP contribution in [0.3, 0.4) is 0 Å². The van der Waals surface area contributed by atoms with E-state index in [1.54, 1.807) is 24.3 Å². The van der Waals surface area contributed by atoms with Gasteiger partial charge in [0.1, 0.15) is 6.54 Å². The van der Waals surface area contributed by atoms with E-state index in [1.807, 2.05) is 18.2 Å². The molecule has 0 bridgehead atoms. The number of rotatable bonds is 5. The minimum absolute atomic E-state index is 0.0945. The van der Waals surface area contributed by atoms with Crippen LogP contribution in [-0.2, 0) is 4.79 Å². The fourth-order valence-electron chi connectivity index (χ4n) is 1.82. The predicted molar refractivity (Wildman–Crippen MR) is 85.6 cm³/mol. The molecular weight excluding hydrogens is 316 g/mol. The number of nitrogens with zero attached hydrogens (tertiary/aromatic N) is 2. The number of pyridine rings is 1. The molecule has 1 heterocycles. The van der Waals surface area contributed by atoms with Gasteiger partial charge in [-0.25, -0.2) is 0 Å². The lowest BCUT2D eigenvalue weighted by Crippen LogP contribution is -2.37. The average molecular weight is 329 g/mol. The van der Waals surface area contributed by atoms with Crippen LogP contribution < -0.4 is 10.6 Å². The molecule has 7 heteroatoms. The van der Waals surface area contributed by atoms with Gasteiger partial charge in [-0.05, 0) is 18.2 Å². The van der Waals surface area contributed by atoms with Crippen molar-refractivity contribution in [3.63, 3.8) is 0 Å². The third-order valence-corrected chi connectivity index (χ3v) is 3.28. The number of hydrogen-bond acceptors (Lipinski definition) is 4. The van der Waals surface area contributed by atoms with Crippen LogP contribution in [0.15, 0.2) is 42.6 Å². The number of nitrogens with one attached hydrogen (secondary N) is 2. The molecule has 116 valence electrons. The molecule has 2 N–H and O–H groups in total. The second-order valence-electron chi connectivity index (χ2n) is 4.53. The normalized spacial score (nSPS) is 9.74. The van der Waals surface area contributed by atoms with Crippen molar-refractivity contribution in [3.8, 4) is 17.3 Å². The minimum Gasteiger partial charge on any atom is -0.343 e. The average Bonchev–Trinajstić information content (AvgIpc) is 2.58. The number of amides is 2. The highest BCUT2D eigenvalue weighted by Gasteiger charge is 2.10. The van der Waals surface area contributed by atoms with Gasteiger partial charge >= 0.3 is 0 Å². The molecular formula is C16H13ClN4O2. The van der Waals surface area contributed by atoms with Crippen molar-refractivity contribution in [1.82, 2.24) is 15.6 Å². The Hall–Kier alpha value is -2.91. The van der Waals surface area contributed by atoms with Crippen LogP contribution in [0, 0.1) is 11.3 Å². The van der Waals surface area contributed by atoms with Gasteiger partial charge in [-0.3, -0.25) is 14.6 Å². The lowest BCUT2D eigenvalue weighted by Gasteiger charge is -2.06. The van der Waals surface area contributed by atoms with Gasteiger partial charge in [-0.1, -0.05) is 29.8 Å². The number of nitriles is 1. The standard InChI is InChI=1S/C16H13ClN4O2/c17-13-4-2-1-3-12(13)14-6-5-11(9-20-14)16(23)21-10-15(22)19-8-7-18/h1-6,9H,8,10H2,(H,19,22)(H,21,23). The smallest absolute Gasteiger partial charge is 0.253 e. The van der Waals surface area contributed by atoms with Crippen LogP contribution in [0.5, 0.6) is 0 Å². The van der Waals surface area contributed by atoms with Gasteiger partial charge in [0.2, 0.25) is 5.91 Å². The van der Waals surface area contributed by atoms with Crippen molar-refractivity contribution < 1.29 is 9.59 Å². The Bertz CT molecular complexity index is 753. The summed E-state index contributed by atoms with van der Waals surface area (Å²) in [6.45, 7) is -0.296. The second kappa shape index (κ2) is 7.92. The van der Waals surface area contributed by atoms with Crippen molar-refractivity contribution in [2.45, 2.75) is 0 Å². The Morgan fingerprint density at radius 1 is 1.17 bits per heavy atom. The highest BCUT2D eigenvalue weighted by molar-refractivity contribution is 6.33. The van der Waals surface area contributed by atoms with Gasteiger partial charge < -0.3 is 10.6 Å². The molecule has 0 radical (unpaired) electrons. The van der Waals surface area contributed by atoms with Crippen LogP contribution in [0.1, 0.15) is 10.4 Å². The molecule has 0 spiro atoms. The largest absolute Gasteiger partial charge is 0.343 e. The van der Waals surface area contributed by atoms with Gasteiger partial charge in [0.25, 0.3) is 5.91 Å². The van der Waals surface area contributed by atoms with E-state index in [-0.39, 0.29) is 13.1 Å². The molecule has 2 amide bonds. The fraction of sp³-hybridized carbons (Fsp3) is 0.125. The number of carbonyl (C=O) groups is 2. The lowest BCUT2D eigenvalue weighted by atomic mass is 10.1. The zero-order valence-corrected chi connectivity index (χ0v) is 12.8. The SMILES string of the molecule is N#CCNC(=O)CNC(=O)c1ccc(-c2ccccc2Cl)nc1. The van der Waals surface area contributed by atoms with Crippen LogP contribution in [0.4, 0.5) is 0 Å². The number of aromatic nitrogens is 1. The first kappa shape index (κ1) is 16.5. The first-order valence-electron chi connectivity index (χ1n) is 6.74. The molecule has 1 aromatic carbocycles. The van der Waals surface area contributed by atoms with E-state index in [4.69, 9.17) is 16.9 Å². The summed E-state index contributed by atoms with van der Waals surface area (Å²) in [5.74, 6) is -0.851. The summed E-state index contributed by atoms with van der Waals surface area (Å²) in [6, 6.07) is 12.3. The van der Waals surface area contributed by atoms with Crippen molar-refractivity contribution in [2.75, 3.05) is 13.1 Å². The monoisotopic (exact) mass is 328 g/mol. The topological polar surface area (TPSA) is 94.9 Å². The van der Waals surface area contributed by atoms with Crippen LogP contribution in [0.2, 0.25) is 5.02 Å². The summed E-state index contributed by atoms with van der Waals surface area (Å²) in [5.41, 5.74) is 1.75. The van der Waals surface area contributed by atoms with Crippen molar-refractivity contribution in [3.05, 3.63) is 53.2 Å². The molecule has 0 saturated carbocycles. The molecule has 1 aromatic heterocycles. The zero-order valence-electron chi connectivity index (χ0n) is 12.0. The molecule has 0 atom stereocenters. The molecule has 23 heavy (non-hydrogen) atoms. The van der Waals surface area contributed by atoms with Gasteiger partial charge in [-0.15, -0.1) is 0 Å². The summed E-state index contributed by atoms with van der Waals surface area (Å²) < 4.78 is 0. The maximum absolute atomic E-state index is 11.9. The summed E-state index contributed by atoms with van der Waals surface area (Å²) in [5, 5.41) is 13.7. The van der Waals surface area contributed by atoms with Crippen molar-refractivity contribution >= 4 is 23.4 Å². The Morgan fingerprint density at radius 2 is 1.96 bits per heavy atom. The molecule has 0 aliphatic carbocycles. The molecule has 0 unspecified atom stereocenters.